The van der Waals surface area contributed by atoms with E-state index in [0.717, 1.165) is 12.1 Å². The first-order chi connectivity index (χ1) is 5.02. The molecule has 0 aromatic heterocycles. The number of guanidine groups is 1. The lowest BCUT2D eigenvalue weighted by Gasteiger charge is -2.03. The third kappa shape index (κ3) is 6.83. The van der Waals surface area contributed by atoms with E-state index in [-0.39, 0.29) is 5.96 Å². The predicted molar refractivity (Wildman–Crippen MR) is 47.6 cm³/mol. The Bertz CT molecular complexity index is 160. The van der Waals surface area contributed by atoms with Gasteiger partial charge in [-0.1, -0.05) is 13.8 Å². The second-order valence-corrected chi connectivity index (χ2v) is 2.97. The number of nitrogens with two attached hydrogens (primary N) is 1. The SMILES string of the molecule is C/C(CC(C)C)=N\NC(=N)N. The monoisotopic (exact) mass is 156 g/mol. The minimum atomic E-state index is -0.117. The van der Waals surface area contributed by atoms with Gasteiger partial charge in [-0.3, -0.25) is 5.41 Å². The molecule has 0 unspecified atom stereocenters. The maximum absolute atomic E-state index is 6.83. The van der Waals surface area contributed by atoms with Crippen molar-refractivity contribution in [3.63, 3.8) is 0 Å². The number of hydrogen-bond donors (Lipinski definition) is 3. The quantitative estimate of drug-likeness (QED) is 0.322. The fourth-order valence-corrected chi connectivity index (χ4v) is 0.792. The number of rotatable bonds is 3. The summed E-state index contributed by atoms with van der Waals surface area (Å²) in [5, 5.41) is 10.7. The first-order valence-corrected chi connectivity index (χ1v) is 3.65. The molecule has 0 spiro atoms. The maximum Gasteiger partial charge on any atom is 0.206 e. The fraction of sp³-hybridized carbons (Fsp3) is 0.714. The van der Waals surface area contributed by atoms with Gasteiger partial charge in [0.25, 0.3) is 0 Å². The van der Waals surface area contributed by atoms with Crippen LogP contribution in [0.4, 0.5) is 0 Å². The number of nitrogens with zero attached hydrogens (tertiary/aromatic N) is 1. The standard InChI is InChI=1S/C7H16N4/c1-5(2)4-6(3)10-11-7(8)9/h5H,4H2,1-3H3,(H4,8,9,11)/b10-6+. The van der Waals surface area contributed by atoms with Crippen LogP contribution in [0.1, 0.15) is 27.2 Å². The summed E-state index contributed by atoms with van der Waals surface area (Å²) in [6.07, 6.45) is 0.931. The van der Waals surface area contributed by atoms with Crippen molar-refractivity contribution in [3.8, 4) is 0 Å². The molecule has 0 amide bonds. The van der Waals surface area contributed by atoms with Crippen molar-refractivity contribution < 1.29 is 0 Å². The third-order valence-corrected chi connectivity index (χ3v) is 1.07. The van der Waals surface area contributed by atoms with Crippen molar-refractivity contribution in [2.75, 3.05) is 0 Å². The van der Waals surface area contributed by atoms with Gasteiger partial charge in [-0.05, 0) is 19.3 Å². The third-order valence-electron chi connectivity index (χ3n) is 1.07. The molecule has 0 fully saturated rings. The van der Waals surface area contributed by atoms with E-state index in [9.17, 15) is 0 Å². The maximum atomic E-state index is 6.83. The van der Waals surface area contributed by atoms with Crippen LogP contribution >= 0.6 is 0 Å². The molecule has 0 atom stereocenters. The van der Waals surface area contributed by atoms with Crippen LogP contribution in [0.15, 0.2) is 5.10 Å². The summed E-state index contributed by atoms with van der Waals surface area (Å²) in [6, 6.07) is 0. The second-order valence-electron chi connectivity index (χ2n) is 2.97. The topological polar surface area (TPSA) is 74.3 Å². The molecule has 0 bridgehead atoms. The van der Waals surface area contributed by atoms with E-state index in [1.165, 1.54) is 0 Å². The fourth-order valence-electron chi connectivity index (χ4n) is 0.792. The summed E-state index contributed by atoms with van der Waals surface area (Å²) in [5.41, 5.74) is 8.40. The van der Waals surface area contributed by atoms with E-state index >= 15 is 0 Å². The zero-order chi connectivity index (χ0) is 8.85. The molecule has 4 nitrogen and oxygen atoms in total. The molecule has 0 aromatic carbocycles. The minimum absolute atomic E-state index is 0.117. The summed E-state index contributed by atoms with van der Waals surface area (Å²) in [5.74, 6) is 0.473. The smallest absolute Gasteiger partial charge is 0.206 e. The molecule has 4 heteroatoms. The van der Waals surface area contributed by atoms with Gasteiger partial charge in [0.15, 0.2) is 0 Å². The molecule has 0 saturated carbocycles. The number of hydrazone groups is 1. The number of hydrogen-bond acceptors (Lipinski definition) is 2. The van der Waals surface area contributed by atoms with E-state index in [2.05, 4.69) is 24.4 Å². The van der Waals surface area contributed by atoms with Crippen molar-refractivity contribution in [1.29, 1.82) is 5.41 Å². The van der Waals surface area contributed by atoms with Crippen molar-refractivity contribution in [2.24, 2.45) is 16.8 Å². The van der Waals surface area contributed by atoms with Gasteiger partial charge >= 0.3 is 0 Å². The van der Waals surface area contributed by atoms with E-state index < -0.39 is 0 Å². The highest BCUT2D eigenvalue weighted by Gasteiger charge is 1.96. The molecular formula is C7H16N4. The predicted octanol–water partition coefficient (Wildman–Crippen LogP) is 0.891. The van der Waals surface area contributed by atoms with Gasteiger partial charge < -0.3 is 5.73 Å². The van der Waals surface area contributed by atoms with Gasteiger partial charge in [0, 0.05) is 5.71 Å². The Labute approximate surface area is 67.4 Å². The molecule has 11 heavy (non-hydrogen) atoms. The second kappa shape index (κ2) is 4.71. The van der Waals surface area contributed by atoms with Crippen LogP contribution in [0.3, 0.4) is 0 Å². The average Bonchev–Trinajstić information content (AvgIpc) is 1.82. The molecule has 0 rings (SSSR count). The Morgan fingerprint density at radius 1 is 1.64 bits per heavy atom. The lowest BCUT2D eigenvalue weighted by molar-refractivity contribution is 0.679. The molecule has 4 N–H and O–H groups in total. The van der Waals surface area contributed by atoms with Gasteiger partial charge in [0.05, 0.1) is 0 Å². The lowest BCUT2D eigenvalue weighted by atomic mass is 10.1. The van der Waals surface area contributed by atoms with Gasteiger partial charge in [-0.25, -0.2) is 5.43 Å². The molecule has 0 aliphatic carbocycles. The summed E-state index contributed by atoms with van der Waals surface area (Å²) >= 11 is 0. The summed E-state index contributed by atoms with van der Waals surface area (Å²) in [7, 11) is 0. The first-order valence-electron chi connectivity index (χ1n) is 3.65. The van der Waals surface area contributed by atoms with Crippen molar-refractivity contribution in [1.82, 2.24) is 5.43 Å². The highest BCUT2D eigenvalue weighted by molar-refractivity contribution is 5.84. The Morgan fingerprint density at radius 3 is 2.55 bits per heavy atom. The molecule has 0 aliphatic rings. The Hall–Kier alpha value is -1.06. The molecule has 0 radical (unpaired) electrons. The Balaban J connectivity index is 3.72. The Kier molecular flexibility index (Phi) is 4.26. The van der Waals surface area contributed by atoms with Crippen LogP contribution in [0.5, 0.6) is 0 Å². The van der Waals surface area contributed by atoms with Crippen LogP contribution < -0.4 is 11.2 Å². The van der Waals surface area contributed by atoms with Gasteiger partial charge in [0.2, 0.25) is 5.96 Å². The van der Waals surface area contributed by atoms with Crippen LogP contribution in [0.2, 0.25) is 0 Å². The molecule has 0 aliphatic heterocycles. The normalized spacial score (nSPS) is 11.8. The summed E-state index contributed by atoms with van der Waals surface area (Å²) < 4.78 is 0. The van der Waals surface area contributed by atoms with Crippen LogP contribution in [0, 0.1) is 11.3 Å². The highest BCUT2D eigenvalue weighted by atomic mass is 15.3. The highest BCUT2D eigenvalue weighted by Crippen LogP contribution is 1.99. The summed E-state index contributed by atoms with van der Waals surface area (Å²) in [6.45, 7) is 6.15. The van der Waals surface area contributed by atoms with E-state index in [1.54, 1.807) is 0 Å². The number of nitrogens with one attached hydrogen (secondary N) is 2. The largest absolute Gasteiger partial charge is 0.369 e. The molecule has 0 aromatic rings. The average molecular weight is 156 g/mol. The van der Waals surface area contributed by atoms with E-state index in [1.807, 2.05) is 6.92 Å². The zero-order valence-corrected chi connectivity index (χ0v) is 7.31. The van der Waals surface area contributed by atoms with Crippen LogP contribution in [-0.4, -0.2) is 11.7 Å². The van der Waals surface area contributed by atoms with E-state index in [4.69, 9.17) is 11.1 Å². The summed E-state index contributed by atoms with van der Waals surface area (Å²) in [4.78, 5) is 0. The molecule has 64 valence electrons. The molecule has 0 heterocycles. The van der Waals surface area contributed by atoms with E-state index in [0.29, 0.717) is 5.92 Å². The van der Waals surface area contributed by atoms with Crippen LogP contribution in [0.25, 0.3) is 0 Å². The van der Waals surface area contributed by atoms with Gasteiger partial charge in [-0.15, -0.1) is 0 Å². The minimum Gasteiger partial charge on any atom is -0.369 e. The van der Waals surface area contributed by atoms with Gasteiger partial charge in [-0.2, -0.15) is 5.10 Å². The molecular weight excluding hydrogens is 140 g/mol. The van der Waals surface area contributed by atoms with Crippen molar-refractivity contribution in [3.05, 3.63) is 0 Å². The lowest BCUT2D eigenvalue weighted by Crippen LogP contribution is -2.26. The Morgan fingerprint density at radius 2 is 2.18 bits per heavy atom. The van der Waals surface area contributed by atoms with Crippen molar-refractivity contribution in [2.45, 2.75) is 27.2 Å². The zero-order valence-electron chi connectivity index (χ0n) is 7.31. The first kappa shape index (κ1) is 9.94. The van der Waals surface area contributed by atoms with Crippen molar-refractivity contribution >= 4 is 11.7 Å². The molecule has 0 saturated heterocycles. The van der Waals surface area contributed by atoms with Gasteiger partial charge in [0.1, 0.15) is 0 Å². The van der Waals surface area contributed by atoms with Crippen LogP contribution in [-0.2, 0) is 0 Å².